The van der Waals surface area contributed by atoms with E-state index in [0.29, 0.717) is 5.75 Å². The molecule has 112 valence electrons. The summed E-state index contributed by atoms with van der Waals surface area (Å²) in [6, 6.07) is 7.60. The standard InChI is InChI=1S/C17H28N2O/c1-3-17(4-2,19-10-5-6-11-19)16(18)13-14-8-7-9-15(20)12-14/h7-9,12,16,20H,3-6,10-11,13,18H2,1-2H3. The SMILES string of the molecule is CCC(CC)(C(N)Cc1cccc(O)c1)N1CCCC1. The maximum absolute atomic E-state index is 9.60. The zero-order valence-electron chi connectivity index (χ0n) is 12.8. The van der Waals surface area contributed by atoms with E-state index in [1.54, 1.807) is 6.07 Å². The van der Waals surface area contributed by atoms with Crippen LogP contribution in [0.1, 0.15) is 45.1 Å². The molecule has 1 aromatic rings. The molecule has 1 unspecified atom stereocenters. The normalized spacial score (nSPS) is 18.4. The van der Waals surface area contributed by atoms with Crippen molar-refractivity contribution in [2.24, 2.45) is 5.73 Å². The van der Waals surface area contributed by atoms with E-state index in [1.807, 2.05) is 12.1 Å². The number of phenolic OH excluding ortho intramolecular Hbond substituents is 1. The molecule has 1 saturated heterocycles. The van der Waals surface area contributed by atoms with E-state index in [-0.39, 0.29) is 11.6 Å². The molecular formula is C17H28N2O. The third-order valence-corrected chi connectivity index (χ3v) is 5.02. The fraction of sp³-hybridized carbons (Fsp3) is 0.647. The van der Waals surface area contributed by atoms with E-state index in [1.165, 1.54) is 25.9 Å². The molecule has 0 aromatic heterocycles. The molecule has 20 heavy (non-hydrogen) atoms. The number of phenols is 1. The van der Waals surface area contributed by atoms with Crippen LogP contribution in [0.25, 0.3) is 0 Å². The summed E-state index contributed by atoms with van der Waals surface area (Å²) in [5, 5.41) is 9.60. The number of likely N-dealkylation sites (tertiary alicyclic amines) is 1. The average molecular weight is 276 g/mol. The molecule has 0 aliphatic carbocycles. The quantitative estimate of drug-likeness (QED) is 0.840. The van der Waals surface area contributed by atoms with Crippen molar-refractivity contribution in [1.82, 2.24) is 4.90 Å². The Labute approximate surface area is 122 Å². The molecule has 0 bridgehead atoms. The molecule has 1 aliphatic heterocycles. The van der Waals surface area contributed by atoms with Crippen molar-refractivity contribution in [1.29, 1.82) is 0 Å². The molecule has 0 amide bonds. The summed E-state index contributed by atoms with van der Waals surface area (Å²) >= 11 is 0. The maximum Gasteiger partial charge on any atom is 0.115 e. The van der Waals surface area contributed by atoms with Gasteiger partial charge in [-0.05, 0) is 62.9 Å². The van der Waals surface area contributed by atoms with Gasteiger partial charge in [0.25, 0.3) is 0 Å². The van der Waals surface area contributed by atoms with Crippen LogP contribution in [-0.4, -0.2) is 34.7 Å². The molecule has 3 N–H and O–H groups in total. The topological polar surface area (TPSA) is 49.5 Å². The molecular weight excluding hydrogens is 248 g/mol. The number of aromatic hydroxyl groups is 1. The van der Waals surface area contributed by atoms with Gasteiger partial charge in [-0.3, -0.25) is 4.90 Å². The molecule has 2 rings (SSSR count). The highest BCUT2D eigenvalue weighted by Gasteiger charge is 2.40. The predicted octanol–water partition coefficient (Wildman–Crippen LogP) is 2.92. The number of nitrogens with zero attached hydrogens (tertiary/aromatic N) is 1. The van der Waals surface area contributed by atoms with Crippen LogP contribution in [0.3, 0.4) is 0 Å². The van der Waals surface area contributed by atoms with Gasteiger partial charge in [0.2, 0.25) is 0 Å². The van der Waals surface area contributed by atoms with Gasteiger partial charge < -0.3 is 10.8 Å². The Morgan fingerprint density at radius 3 is 2.45 bits per heavy atom. The lowest BCUT2D eigenvalue weighted by atomic mass is 9.80. The Bertz CT molecular complexity index is 423. The monoisotopic (exact) mass is 276 g/mol. The minimum Gasteiger partial charge on any atom is -0.508 e. The highest BCUT2D eigenvalue weighted by Crippen LogP contribution is 2.32. The molecule has 1 aromatic carbocycles. The number of rotatable bonds is 6. The number of hydrogen-bond acceptors (Lipinski definition) is 3. The Kier molecular flexibility index (Phi) is 5.06. The number of hydrogen-bond donors (Lipinski definition) is 2. The molecule has 1 fully saturated rings. The van der Waals surface area contributed by atoms with Gasteiger partial charge in [0.1, 0.15) is 5.75 Å². The van der Waals surface area contributed by atoms with E-state index in [9.17, 15) is 5.11 Å². The number of nitrogens with two attached hydrogens (primary N) is 1. The van der Waals surface area contributed by atoms with E-state index >= 15 is 0 Å². The van der Waals surface area contributed by atoms with Crippen molar-refractivity contribution in [3.05, 3.63) is 29.8 Å². The van der Waals surface area contributed by atoms with E-state index < -0.39 is 0 Å². The lowest BCUT2D eigenvalue weighted by molar-refractivity contribution is 0.0768. The minimum atomic E-state index is 0.0992. The van der Waals surface area contributed by atoms with Crippen molar-refractivity contribution in [2.75, 3.05) is 13.1 Å². The summed E-state index contributed by atoms with van der Waals surface area (Å²) in [6.07, 6.45) is 5.58. The lowest BCUT2D eigenvalue weighted by Crippen LogP contribution is -2.59. The fourth-order valence-corrected chi connectivity index (χ4v) is 3.75. The van der Waals surface area contributed by atoms with Gasteiger partial charge in [0, 0.05) is 11.6 Å². The smallest absolute Gasteiger partial charge is 0.115 e. The largest absolute Gasteiger partial charge is 0.508 e. The molecule has 0 saturated carbocycles. The van der Waals surface area contributed by atoms with Gasteiger partial charge in [-0.2, -0.15) is 0 Å². The Hall–Kier alpha value is -1.06. The fourth-order valence-electron chi connectivity index (χ4n) is 3.75. The summed E-state index contributed by atoms with van der Waals surface area (Å²) in [5.74, 6) is 0.328. The second-order valence-corrected chi connectivity index (χ2v) is 5.99. The summed E-state index contributed by atoms with van der Waals surface area (Å²) in [4.78, 5) is 2.60. The summed E-state index contributed by atoms with van der Waals surface area (Å²) in [6.45, 7) is 6.86. The summed E-state index contributed by atoms with van der Waals surface area (Å²) in [5.41, 5.74) is 7.84. The first-order valence-electron chi connectivity index (χ1n) is 7.91. The Balaban J connectivity index is 2.16. The molecule has 1 heterocycles. The molecule has 0 radical (unpaired) electrons. The molecule has 0 spiro atoms. The van der Waals surface area contributed by atoms with Gasteiger partial charge in [-0.1, -0.05) is 26.0 Å². The van der Waals surface area contributed by atoms with Crippen molar-refractivity contribution in [2.45, 2.75) is 57.5 Å². The molecule has 3 nitrogen and oxygen atoms in total. The van der Waals surface area contributed by atoms with Crippen LogP contribution < -0.4 is 5.73 Å². The van der Waals surface area contributed by atoms with E-state index in [4.69, 9.17) is 5.73 Å². The van der Waals surface area contributed by atoms with Gasteiger partial charge in [0.05, 0.1) is 0 Å². The lowest BCUT2D eigenvalue weighted by Gasteiger charge is -2.45. The summed E-state index contributed by atoms with van der Waals surface area (Å²) < 4.78 is 0. The Morgan fingerprint density at radius 2 is 1.90 bits per heavy atom. The van der Waals surface area contributed by atoms with Crippen LogP contribution in [0.4, 0.5) is 0 Å². The van der Waals surface area contributed by atoms with Gasteiger partial charge >= 0.3 is 0 Å². The predicted molar refractivity (Wildman–Crippen MR) is 83.9 cm³/mol. The van der Waals surface area contributed by atoms with E-state index in [2.05, 4.69) is 24.8 Å². The van der Waals surface area contributed by atoms with Crippen LogP contribution in [0, 0.1) is 0 Å². The first kappa shape index (κ1) is 15.3. The van der Waals surface area contributed by atoms with Gasteiger partial charge in [-0.25, -0.2) is 0 Å². The summed E-state index contributed by atoms with van der Waals surface area (Å²) in [7, 11) is 0. The van der Waals surface area contributed by atoms with Crippen LogP contribution in [0.2, 0.25) is 0 Å². The van der Waals surface area contributed by atoms with Crippen molar-refractivity contribution in [3.63, 3.8) is 0 Å². The zero-order chi connectivity index (χ0) is 14.6. The second-order valence-electron chi connectivity index (χ2n) is 5.99. The van der Waals surface area contributed by atoms with E-state index in [0.717, 1.165) is 24.8 Å². The third-order valence-electron chi connectivity index (χ3n) is 5.02. The van der Waals surface area contributed by atoms with Gasteiger partial charge in [0.15, 0.2) is 0 Å². The molecule has 1 atom stereocenters. The molecule has 1 aliphatic rings. The second kappa shape index (κ2) is 6.59. The first-order valence-corrected chi connectivity index (χ1v) is 7.91. The third kappa shape index (κ3) is 2.99. The van der Waals surface area contributed by atoms with Crippen LogP contribution in [0.15, 0.2) is 24.3 Å². The van der Waals surface area contributed by atoms with Crippen LogP contribution in [-0.2, 0) is 6.42 Å². The average Bonchev–Trinajstić information content (AvgIpc) is 2.95. The highest BCUT2D eigenvalue weighted by molar-refractivity contribution is 5.28. The van der Waals surface area contributed by atoms with Crippen LogP contribution in [0.5, 0.6) is 5.75 Å². The minimum absolute atomic E-state index is 0.0992. The Morgan fingerprint density at radius 1 is 1.25 bits per heavy atom. The maximum atomic E-state index is 9.60. The van der Waals surface area contributed by atoms with Crippen molar-refractivity contribution >= 4 is 0 Å². The van der Waals surface area contributed by atoms with Crippen LogP contribution >= 0.6 is 0 Å². The highest BCUT2D eigenvalue weighted by atomic mass is 16.3. The van der Waals surface area contributed by atoms with Crippen molar-refractivity contribution < 1.29 is 5.11 Å². The first-order chi connectivity index (χ1) is 9.62. The van der Waals surface area contributed by atoms with Gasteiger partial charge in [-0.15, -0.1) is 0 Å². The van der Waals surface area contributed by atoms with Crippen molar-refractivity contribution in [3.8, 4) is 5.75 Å². The zero-order valence-corrected chi connectivity index (χ0v) is 12.8. The number of benzene rings is 1. The molecule has 3 heteroatoms.